The second-order valence-corrected chi connectivity index (χ2v) is 8.75. The normalized spacial score (nSPS) is 16.8. The van der Waals surface area contributed by atoms with Crippen LogP contribution in [0.25, 0.3) is 0 Å². The summed E-state index contributed by atoms with van der Waals surface area (Å²) in [6.45, 7) is 7.81. The lowest BCUT2D eigenvalue weighted by Crippen LogP contribution is -3.00. The maximum atomic E-state index is 9.01. The molecule has 0 amide bonds. The summed E-state index contributed by atoms with van der Waals surface area (Å²) in [5, 5.41) is 18.8. The summed E-state index contributed by atoms with van der Waals surface area (Å²) in [6.07, 6.45) is 0. The Labute approximate surface area is 213 Å². The number of nitrogens with zero attached hydrogens (tertiary/aromatic N) is 2. The number of hydrogen-bond donors (Lipinski definition) is 2. The second-order valence-electron chi connectivity index (χ2n) is 8.31. The molecule has 0 aromatic heterocycles. The van der Waals surface area contributed by atoms with Gasteiger partial charge in [-0.15, -0.1) is 0 Å². The number of halogens is 2. The minimum atomic E-state index is 0. The van der Waals surface area contributed by atoms with E-state index in [0.717, 1.165) is 48.8 Å². The molecule has 1 unspecified atom stereocenters. The molecule has 0 spiro atoms. The first-order valence-corrected chi connectivity index (χ1v) is 11.8. The fraction of sp³-hybridized carbons (Fsp3) is 0.520. The Balaban J connectivity index is 0.00000385. The van der Waals surface area contributed by atoms with Crippen LogP contribution in [0.3, 0.4) is 0 Å². The van der Waals surface area contributed by atoms with Gasteiger partial charge in [-0.25, -0.2) is 0 Å². The van der Waals surface area contributed by atoms with Crippen molar-refractivity contribution in [1.29, 1.82) is 0 Å². The smallest absolute Gasteiger partial charge is 0.103 e. The molecule has 2 aromatic rings. The maximum absolute atomic E-state index is 9.01. The molecule has 1 atom stereocenters. The van der Waals surface area contributed by atoms with Gasteiger partial charge in [0, 0.05) is 18.1 Å². The predicted molar refractivity (Wildman–Crippen MR) is 127 cm³/mol. The first kappa shape index (κ1) is 28.2. The molecule has 184 valence electrons. The van der Waals surface area contributed by atoms with E-state index >= 15 is 0 Å². The molecule has 2 aromatic carbocycles. The summed E-state index contributed by atoms with van der Waals surface area (Å²) in [4.78, 5) is 2.55. The van der Waals surface area contributed by atoms with Gasteiger partial charge in [-0.3, -0.25) is 4.90 Å². The summed E-state index contributed by atoms with van der Waals surface area (Å²) < 4.78 is 12.1. The maximum Gasteiger partial charge on any atom is 0.103 e. The van der Waals surface area contributed by atoms with Gasteiger partial charge in [0.2, 0.25) is 0 Å². The first-order valence-electron chi connectivity index (χ1n) is 11.4. The topological polar surface area (TPSA) is 62.2 Å². The minimum Gasteiger partial charge on any atom is -1.00 e. The van der Waals surface area contributed by atoms with Crippen molar-refractivity contribution in [2.45, 2.75) is 6.04 Å². The summed E-state index contributed by atoms with van der Waals surface area (Å²) >= 11 is 6.16. The van der Waals surface area contributed by atoms with Gasteiger partial charge < -0.3 is 41.2 Å². The van der Waals surface area contributed by atoms with E-state index in [-0.39, 0.29) is 36.2 Å². The van der Waals surface area contributed by atoms with Crippen LogP contribution in [0.15, 0.2) is 54.6 Å². The molecule has 1 heterocycles. The van der Waals surface area contributed by atoms with Crippen molar-refractivity contribution >= 4 is 11.6 Å². The number of benzene rings is 2. The van der Waals surface area contributed by atoms with Gasteiger partial charge in [-0.1, -0.05) is 54.1 Å². The molecular formula is C25H36BrClN2O4. The highest BCUT2D eigenvalue weighted by molar-refractivity contribution is 6.30. The van der Waals surface area contributed by atoms with Gasteiger partial charge >= 0.3 is 0 Å². The van der Waals surface area contributed by atoms with Gasteiger partial charge in [0.25, 0.3) is 0 Å². The Hall–Kier alpha value is -1.03. The average Bonchev–Trinajstić information content (AvgIpc) is 2.83. The lowest BCUT2D eigenvalue weighted by molar-refractivity contribution is -0.932. The van der Waals surface area contributed by atoms with Crippen LogP contribution < -0.4 is 17.0 Å². The zero-order valence-corrected chi connectivity index (χ0v) is 21.5. The fourth-order valence-corrected chi connectivity index (χ4v) is 4.59. The third-order valence-corrected chi connectivity index (χ3v) is 6.53. The number of aliphatic hydroxyl groups excluding tert-OH is 2. The average molecular weight is 544 g/mol. The first-order chi connectivity index (χ1) is 15.7. The van der Waals surface area contributed by atoms with E-state index in [1.165, 1.54) is 11.1 Å². The van der Waals surface area contributed by atoms with E-state index in [9.17, 15) is 0 Å². The van der Waals surface area contributed by atoms with E-state index < -0.39 is 0 Å². The number of rotatable bonds is 13. The highest BCUT2D eigenvalue weighted by Gasteiger charge is 2.36. The highest BCUT2D eigenvalue weighted by atomic mass is 79.9. The zero-order chi connectivity index (χ0) is 22.7. The molecule has 0 aliphatic carbocycles. The van der Waals surface area contributed by atoms with Gasteiger partial charge in [-0.2, -0.15) is 0 Å². The predicted octanol–water partition coefficient (Wildman–Crippen LogP) is -0.416. The number of piperazine rings is 1. The summed E-state index contributed by atoms with van der Waals surface area (Å²) in [7, 11) is 0. The SMILES string of the molecule is OCCOCC[N+]1(CCOCCO)CCN(C(c2ccccc2)c2ccc(Cl)cc2)CC1.[Br-]. The third kappa shape index (κ3) is 8.60. The number of aliphatic hydroxyl groups is 2. The van der Waals surface area contributed by atoms with Crippen molar-refractivity contribution in [2.24, 2.45) is 0 Å². The van der Waals surface area contributed by atoms with E-state index in [1.54, 1.807) is 0 Å². The third-order valence-electron chi connectivity index (χ3n) is 6.28. The van der Waals surface area contributed by atoms with Crippen LogP contribution in [-0.2, 0) is 9.47 Å². The number of hydrogen-bond acceptors (Lipinski definition) is 5. The molecule has 0 radical (unpaired) electrons. The summed E-state index contributed by atoms with van der Waals surface area (Å²) in [5.74, 6) is 0. The van der Waals surface area contributed by atoms with Gasteiger partial charge in [0.1, 0.15) is 13.1 Å². The minimum absolute atomic E-state index is 0. The zero-order valence-electron chi connectivity index (χ0n) is 19.1. The van der Waals surface area contributed by atoms with E-state index in [0.29, 0.717) is 26.4 Å². The Bertz CT molecular complexity index is 760. The van der Waals surface area contributed by atoms with Crippen molar-refractivity contribution in [3.8, 4) is 0 Å². The molecule has 1 aliphatic rings. The van der Waals surface area contributed by atoms with Crippen molar-refractivity contribution in [3.63, 3.8) is 0 Å². The highest BCUT2D eigenvalue weighted by Crippen LogP contribution is 2.31. The molecule has 1 saturated heterocycles. The monoisotopic (exact) mass is 542 g/mol. The molecule has 3 rings (SSSR count). The van der Waals surface area contributed by atoms with Crippen molar-refractivity contribution in [1.82, 2.24) is 4.90 Å². The Kier molecular flexibility index (Phi) is 12.9. The Morgan fingerprint density at radius 2 is 1.30 bits per heavy atom. The quantitative estimate of drug-likeness (QED) is 0.266. The second kappa shape index (κ2) is 15.1. The van der Waals surface area contributed by atoms with Crippen LogP contribution in [0.1, 0.15) is 17.2 Å². The van der Waals surface area contributed by atoms with Crippen LogP contribution in [0, 0.1) is 0 Å². The van der Waals surface area contributed by atoms with Gasteiger partial charge in [0.05, 0.1) is 58.8 Å². The lowest BCUT2D eigenvalue weighted by atomic mass is 9.96. The molecule has 2 N–H and O–H groups in total. The van der Waals surface area contributed by atoms with Crippen molar-refractivity contribution in [3.05, 3.63) is 70.7 Å². The van der Waals surface area contributed by atoms with E-state index in [1.807, 2.05) is 12.1 Å². The Morgan fingerprint density at radius 1 is 0.788 bits per heavy atom. The molecule has 1 fully saturated rings. The molecular weight excluding hydrogens is 508 g/mol. The van der Waals surface area contributed by atoms with Crippen molar-refractivity contribution < 1.29 is 41.2 Å². The van der Waals surface area contributed by atoms with Crippen LogP contribution in [0.2, 0.25) is 5.02 Å². The van der Waals surface area contributed by atoms with Crippen molar-refractivity contribution in [2.75, 3.05) is 78.9 Å². The van der Waals surface area contributed by atoms with E-state index in [2.05, 4.69) is 47.4 Å². The number of quaternary nitrogens is 1. The lowest BCUT2D eigenvalue weighted by Gasteiger charge is -2.47. The van der Waals surface area contributed by atoms with E-state index in [4.69, 9.17) is 31.3 Å². The summed E-state index contributed by atoms with van der Waals surface area (Å²) in [6, 6.07) is 19.0. The van der Waals surface area contributed by atoms with Crippen LogP contribution in [0.4, 0.5) is 0 Å². The largest absolute Gasteiger partial charge is 1.00 e. The molecule has 8 heteroatoms. The van der Waals surface area contributed by atoms with Gasteiger partial charge in [-0.05, 0) is 23.3 Å². The number of ether oxygens (including phenoxy) is 2. The van der Waals surface area contributed by atoms with Crippen LogP contribution in [-0.4, -0.2) is 98.5 Å². The molecule has 33 heavy (non-hydrogen) atoms. The van der Waals surface area contributed by atoms with Crippen LogP contribution >= 0.6 is 11.6 Å². The summed E-state index contributed by atoms with van der Waals surface area (Å²) in [5.41, 5.74) is 2.53. The Morgan fingerprint density at radius 3 is 1.82 bits per heavy atom. The van der Waals surface area contributed by atoms with Gasteiger partial charge in [0.15, 0.2) is 0 Å². The fourth-order valence-electron chi connectivity index (χ4n) is 4.47. The molecule has 6 nitrogen and oxygen atoms in total. The molecule has 1 aliphatic heterocycles. The standard InChI is InChI=1S/C25H36ClN2O4.BrH/c26-24-8-6-23(7-9-24)25(22-4-2-1-3-5-22)27-10-12-28(13-11-27,14-18-31-20-16-29)15-19-32-21-17-30;/h1-9,25,29-30H,10-21H2;1H/q+1;/p-1. The molecule has 0 bridgehead atoms. The van der Waals surface area contributed by atoms with Crippen LogP contribution in [0.5, 0.6) is 0 Å². The molecule has 0 saturated carbocycles.